The van der Waals surface area contributed by atoms with Crippen LogP contribution in [-0.4, -0.2) is 36.3 Å². The van der Waals surface area contributed by atoms with Gasteiger partial charge in [0.2, 0.25) is 0 Å². The molecular weight excluding hydrogens is 318 g/mol. The smallest absolute Gasteiger partial charge is 0.317 e. The number of rotatable bonds is 6. The maximum absolute atomic E-state index is 12.6. The molecule has 0 spiro atoms. The molecule has 1 aromatic carbocycles. The normalized spacial score (nSPS) is 13.2. The molecule has 2 amide bonds. The number of aryl methyl sites for hydroxylation is 2. The Balaban J connectivity index is 2.01. The van der Waals surface area contributed by atoms with Crippen LogP contribution in [0.3, 0.4) is 0 Å². The summed E-state index contributed by atoms with van der Waals surface area (Å²) in [6, 6.07) is 7.59. The van der Waals surface area contributed by atoms with E-state index in [1.165, 1.54) is 0 Å². The Bertz CT molecular complexity index is 707. The van der Waals surface area contributed by atoms with Crippen LogP contribution in [0.2, 0.25) is 0 Å². The molecule has 136 valence electrons. The first-order chi connectivity index (χ1) is 11.8. The maximum atomic E-state index is 12.6. The first-order valence-electron chi connectivity index (χ1n) is 8.43. The van der Waals surface area contributed by atoms with Gasteiger partial charge in [0.25, 0.3) is 0 Å². The molecule has 0 fully saturated rings. The number of hydrogen-bond acceptors (Lipinski definition) is 4. The first-order valence-corrected chi connectivity index (χ1v) is 8.43. The number of urea groups is 1. The van der Waals surface area contributed by atoms with Crippen molar-refractivity contribution in [3.05, 3.63) is 46.8 Å². The average Bonchev–Trinajstić information content (AvgIpc) is 2.93. The van der Waals surface area contributed by atoms with Crippen LogP contribution in [0.25, 0.3) is 0 Å². The summed E-state index contributed by atoms with van der Waals surface area (Å²) < 4.78 is 10.6. The van der Waals surface area contributed by atoms with Gasteiger partial charge in [-0.05, 0) is 45.7 Å². The van der Waals surface area contributed by atoms with Crippen molar-refractivity contribution >= 4 is 6.03 Å². The van der Waals surface area contributed by atoms with Crippen molar-refractivity contribution in [2.75, 3.05) is 14.2 Å². The third-order valence-corrected chi connectivity index (χ3v) is 4.55. The first kappa shape index (κ1) is 18.8. The Morgan fingerprint density at radius 1 is 1.32 bits per heavy atom. The van der Waals surface area contributed by atoms with Crippen LogP contribution in [0.4, 0.5) is 4.79 Å². The van der Waals surface area contributed by atoms with Crippen molar-refractivity contribution < 1.29 is 14.1 Å². The summed E-state index contributed by atoms with van der Waals surface area (Å²) in [5, 5.41) is 6.96. The molecule has 1 aromatic heterocycles. The lowest BCUT2D eigenvalue weighted by atomic mass is 10.1. The van der Waals surface area contributed by atoms with Gasteiger partial charge in [-0.3, -0.25) is 0 Å². The standard InChI is InChI=1S/C19H27N3O3/c1-12(11-16-9-7-8-10-17(16)24-6)22(5)19(23)20-13(2)18-14(3)21-25-15(18)4/h7-10,12-13H,11H2,1-6H3,(H,20,23)/t12-,13-/m0/s1. The van der Waals surface area contributed by atoms with E-state index in [1.54, 1.807) is 19.1 Å². The molecule has 2 aromatic rings. The second kappa shape index (κ2) is 8.05. The van der Waals surface area contributed by atoms with Gasteiger partial charge in [0, 0.05) is 18.7 Å². The van der Waals surface area contributed by atoms with E-state index in [2.05, 4.69) is 10.5 Å². The highest BCUT2D eigenvalue weighted by molar-refractivity contribution is 5.74. The molecule has 0 aliphatic rings. The van der Waals surface area contributed by atoms with E-state index >= 15 is 0 Å². The summed E-state index contributed by atoms with van der Waals surface area (Å²) in [5.74, 6) is 1.57. The van der Waals surface area contributed by atoms with Crippen LogP contribution in [0.1, 0.15) is 42.5 Å². The van der Waals surface area contributed by atoms with Crippen molar-refractivity contribution in [1.29, 1.82) is 0 Å². The number of likely N-dealkylation sites (N-methyl/N-ethyl adjacent to an activating group) is 1. The summed E-state index contributed by atoms with van der Waals surface area (Å²) in [7, 11) is 3.46. The molecule has 0 radical (unpaired) electrons. The number of para-hydroxylation sites is 1. The third kappa shape index (κ3) is 4.32. The Morgan fingerprint density at radius 2 is 2.00 bits per heavy atom. The number of ether oxygens (including phenoxy) is 1. The fourth-order valence-electron chi connectivity index (χ4n) is 2.99. The van der Waals surface area contributed by atoms with Crippen LogP contribution in [0, 0.1) is 13.8 Å². The van der Waals surface area contributed by atoms with Crippen molar-refractivity contribution in [2.24, 2.45) is 0 Å². The second-order valence-corrected chi connectivity index (χ2v) is 6.38. The lowest BCUT2D eigenvalue weighted by Crippen LogP contribution is -2.44. The largest absolute Gasteiger partial charge is 0.496 e. The molecule has 0 aliphatic carbocycles. The second-order valence-electron chi connectivity index (χ2n) is 6.38. The monoisotopic (exact) mass is 345 g/mol. The van der Waals surface area contributed by atoms with E-state index in [4.69, 9.17) is 9.26 Å². The van der Waals surface area contributed by atoms with Gasteiger partial charge in [-0.1, -0.05) is 23.4 Å². The fraction of sp³-hybridized carbons (Fsp3) is 0.474. The Hall–Kier alpha value is -2.50. The molecule has 0 bridgehead atoms. The number of aromatic nitrogens is 1. The topological polar surface area (TPSA) is 67.6 Å². The van der Waals surface area contributed by atoms with Gasteiger partial charge in [0.05, 0.1) is 18.8 Å². The molecule has 1 N–H and O–H groups in total. The lowest BCUT2D eigenvalue weighted by molar-refractivity contribution is 0.190. The molecule has 6 heteroatoms. The average molecular weight is 345 g/mol. The Kier molecular flexibility index (Phi) is 6.07. The Labute approximate surface area is 149 Å². The number of hydrogen-bond donors (Lipinski definition) is 1. The zero-order valence-corrected chi connectivity index (χ0v) is 15.8. The number of amides is 2. The van der Waals surface area contributed by atoms with Crippen LogP contribution in [0.15, 0.2) is 28.8 Å². The molecule has 1 heterocycles. The van der Waals surface area contributed by atoms with Gasteiger partial charge < -0.3 is 19.5 Å². The molecule has 0 aliphatic heterocycles. The number of nitrogens with zero attached hydrogens (tertiary/aromatic N) is 2. The van der Waals surface area contributed by atoms with Gasteiger partial charge >= 0.3 is 6.03 Å². The van der Waals surface area contributed by atoms with Crippen molar-refractivity contribution in [2.45, 2.75) is 46.2 Å². The predicted molar refractivity (Wildman–Crippen MR) is 96.8 cm³/mol. The third-order valence-electron chi connectivity index (χ3n) is 4.55. The fourth-order valence-corrected chi connectivity index (χ4v) is 2.99. The SMILES string of the molecule is COc1ccccc1C[C@H](C)N(C)C(=O)N[C@@H](C)c1c(C)noc1C. The van der Waals surface area contributed by atoms with E-state index in [1.807, 2.05) is 52.0 Å². The number of carbonyl (C=O) groups excluding carboxylic acids is 1. The minimum Gasteiger partial charge on any atom is -0.496 e. The Morgan fingerprint density at radius 3 is 2.60 bits per heavy atom. The van der Waals surface area contributed by atoms with Crippen molar-refractivity contribution in [3.8, 4) is 5.75 Å². The van der Waals surface area contributed by atoms with E-state index < -0.39 is 0 Å². The van der Waals surface area contributed by atoms with Crippen molar-refractivity contribution in [1.82, 2.24) is 15.4 Å². The van der Waals surface area contributed by atoms with E-state index in [0.717, 1.165) is 28.3 Å². The highest BCUT2D eigenvalue weighted by Gasteiger charge is 2.22. The van der Waals surface area contributed by atoms with Crippen LogP contribution in [-0.2, 0) is 6.42 Å². The summed E-state index contributed by atoms with van der Waals surface area (Å²) in [6.45, 7) is 7.68. The number of carbonyl (C=O) groups is 1. The minimum atomic E-state index is -0.167. The lowest BCUT2D eigenvalue weighted by Gasteiger charge is -2.27. The van der Waals surface area contributed by atoms with Gasteiger partial charge in [0.1, 0.15) is 11.5 Å². The molecule has 0 saturated carbocycles. The maximum Gasteiger partial charge on any atom is 0.317 e. The quantitative estimate of drug-likeness (QED) is 0.868. The van der Waals surface area contributed by atoms with Gasteiger partial charge in [-0.2, -0.15) is 0 Å². The highest BCUT2D eigenvalue weighted by Crippen LogP contribution is 2.22. The van der Waals surface area contributed by atoms with E-state index in [-0.39, 0.29) is 18.1 Å². The zero-order valence-electron chi connectivity index (χ0n) is 15.8. The van der Waals surface area contributed by atoms with Crippen LogP contribution >= 0.6 is 0 Å². The van der Waals surface area contributed by atoms with Crippen LogP contribution < -0.4 is 10.1 Å². The number of nitrogens with one attached hydrogen (secondary N) is 1. The predicted octanol–water partition coefficient (Wildman–Crippen LogP) is 3.63. The summed E-state index contributed by atoms with van der Waals surface area (Å²) in [5.41, 5.74) is 2.81. The molecule has 0 unspecified atom stereocenters. The summed E-state index contributed by atoms with van der Waals surface area (Å²) >= 11 is 0. The molecule has 2 rings (SSSR count). The highest BCUT2D eigenvalue weighted by atomic mass is 16.5. The van der Waals surface area contributed by atoms with Gasteiger partial charge in [-0.15, -0.1) is 0 Å². The van der Waals surface area contributed by atoms with E-state index in [9.17, 15) is 4.79 Å². The molecule has 25 heavy (non-hydrogen) atoms. The van der Waals surface area contributed by atoms with E-state index in [0.29, 0.717) is 6.42 Å². The number of benzene rings is 1. The zero-order chi connectivity index (χ0) is 18.6. The molecule has 6 nitrogen and oxygen atoms in total. The van der Waals surface area contributed by atoms with Gasteiger partial charge in [-0.25, -0.2) is 4.79 Å². The summed E-state index contributed by atoms with van der Waals surface area (Å²) in [6.07, 6.45) is 0.716. The molecule has 0 saturated heterocycles. The van der Waals surface area contributed by atoms with Crippen molar-refractivity contribution in [3.63, 3.8) is 0 Å². The molecular formula is C19H27N3O3. The minimum absolute atomic E-state index is 0.0215. The number of methoxy groups -OCH3 is 1. The van der Waals surface area contributed by atoms with Crippen LogP contribution in [0.5, 0.6) is 5.75 Å². The molecule has 2 atom stereocenters. The van der Waals surface area contributed by atoms with Gasteiger partial charge in [0.15, 0.2) is 0 Å². The summed E-state index contributed by atoms with van der Waals surface area (Å²) in [4.78, 5) is 14.3.